The summed E-state index contributed by atoms with van der Waals surface area (Å²) in [6.45, 7) is 7.19. The zero-order valence-electron chi connectivity index (χ0n) is 16.5. The van der Waals surface area contributed by atoms with Crippen LogP contribution in [0.2, 0.25) is 0 Å². The highest BCUT2D eigenvalue weighted by Gasteiger charge is 2.39. The second-order valence-corrected chi connectivity index (χ2v) is 8.36. The number of hydrogen-bond acceptors (Lipinski definition) is 5. The molecular formula is C22H25N3O3. The van der Waals surface area contributed by atoms with Gasteiger partial charge < -0.3 is 14.4 Å². The summed E-state index contributed by atoms with van der Waals surface area (Å²) in [5.74, 6) is 1.58. The molecule has 1 saturated heterocycles. The van der Waals surface area contributed by atoms with Gasteiger partial charge in [0.25, 0.3) is 0 Å². The van der Waals surface area contributed by atoms with Gasteiger partial charge in [0.15, 0.2) is 0 Å². The number of likely N-dealkylation sites (tertiary alicyclic amines) is 1. The van der Waals surface area contributed by atoms with Crippen LogP contribution in [0.5, 0.6) is 11.8 Å². The molecule has 4 rings (SSSR count). The van der Waals surface area contributed by atoms with E-state index >= 15 is 0 Å². The Morgan fingerprint density at radius 2 is 1.82 bits per heavy atom. The smallest absolute Gasteiger partial charge is 0.410 e. The molecule has 1 aliphatic heterocycles. The number of hydrogen-bond donors (Lipinski definition) is 0. The van der Waals surface area contributed by atoms with E-state index in [1.165, 1.54) is 11.1 Å². The summed E-state index contributed by atoms with van der Waals surface area (Å²) in [6.07, 6.45) is 6.39. The Kier molecular flexibility index (Phi) is 4.79. The first-order chi connectivity index (χ1) is 13.4. The van der Waals surface area contributed by atoms with Crippen LogP contribution >= 0.6 is 0 Å². The highest BCUT2D eigenvalue weighted by atomic mass is 16.6. The molecule has 2 unspecified atom stereocenters. The van der Waals surface area contributed by atoms with Crippen molar-refractivity contribution in [3.05, 3.63) is 54.4 Å². The molecule has 28 heavy (non-hydrogen) atoms. The van der Waals surface area contributed by atoms with Crippen LogP contribution in [0.4, 0.5) is 4.79 Å². The van der Waals surface area contributed by atoms with Crippen molar-refractivity contribution in [2.45, 2.75) is 32.8 Å². The Hall–Kier alpha value is -2.89. The van der Waals surface area contributed by atoms with E-state index in [0.29, 0.717) is 23.6 Å². The number of nitrogens with zero attached hydrogens (tertiary/aromatic N) is 3. The number of ether oxygens (including phenoxy) is 2. The van der Waals surface area contributed by atoms with Crippen molar-refractivity contribution in [3.8, 4) is 11.8 Å². The maximum atomic E-state index is 12.3. The molecule has 2 heterocycles. The van der Waals surface area contributed by atoms with Crippen LogP contribution in [0.3, 0.4) is 0 Å². The molecule has 0 spiro atoms. The average molecular weight is 379 g/mol. The molecule has 1 amide bonds. The van der Waals surface area contributed by atoms with Gasteiger partial charge in [-0.05, 0) is 68.4 Å². The van der Waals surface area contributed by atoms with Crippen molar-refractivity contribution in [2.24, 2.45) is 11.8 Å². The van der Waals surface area contributed by atoms with E-state index in [-0.39, 0.29) is 6.09 Å². The summed E-state index contributed by atoms with van der Waals surface area (Å²) in [6, 6.07) is 10.1. The number of fused-ring (bicyclic) bond motifs is 1. The third-order valence-corrected chi connectivity index (χ3v) is 5.02. The lowest BCUT2D eigenvalue weighted by molar-refractivity contribution is 0.0285. The van der Waals surface area contributed by atoms with E-state index in [4.69, 9.17) is 9.47 Å². The minimum absolute atomic E-state index is 0.207. The minimum atomic E-state index is -0.454. The van der Waals surface area contributed by atoms with E-state index in [1.54, 1.807) is 18.5 Å². The molecular weight excluding hydrogens is 354 g/mol. The normalized spacial score (nSPS) is 21.2. The Morgan fingerprint density at radius 1 is 1.11 bits per heavy atom. The van der Waals surface area contributed by atoms with Crippen molar-refractivity contribution < 1.29 is 14.3 Å². The average Bonchev–Trinajstić information content (AvgIpc) is 3.21. The molecule has 6 nitrogen and oxygen atoms in total. The van der Waals surface area contributed by atoms with Crippen molar-refractivity contribution in [2.75, 3.05) is 13.1 Å². The van der Waals surface area contributed by atoms with E-state index in [0.717, 1.165) is 19.5 Å². The van der Waals surface area contributed by atoms with Crippen molar-refractivity contribution in [1.82, 2.24) is 14.9 Å². The highest BCUT2D eigenvalue weighted by Crippen LogP contribution is 2.41. The van der Waals surface area contributed by atoms with Crippen LogP contribution in [0, 0.1) is 11.8 Å². The van der Waals surface area contributed by atoms with Gasteiger partial charge in [-0.25, -0.2) is 14.8 Å². The summed E-state index contributed by atoms with van der Waals surface area (Å²) >= 11 is 0. The molecule has 1 aliphatic carbocycles. The second-order valence-electron chi connectivity index (χ2n) is 8.36. The quantitative estimate of drug-likeness (QED) is 0.783. The number of rotatable bonds is 3. The third kappa shape index (κ3) is 4.16. The van der Waals surface area contributed by atoms with Crippen LogP contribution in [0.1, 0.15) is 32.8 Å². The number of aromatic nitrogens is 2. The van der Waals surface area contributed by atoms with E-state index in [1.807, 2.05) is 37.8 Å². The fourth-order valence-electron chi connectivity index (χ4n) is 3.78. The maximum Gasteiger partial charge on any atom is 0.410 e. The Balaban J connectivity index is 1.38. The van der Waals surface area contributed by atoms with Crippen molar-refractivity contribution in [1.29, 1.82) is 0 Å². The van der Waals surface area contributed by atoms with Gasteiger partial charge in [-0.2, -0.15) is 0 Å². The predicted octanol–water partition coefficient (Wildman–Crippen LogP) is 4.54. The van der Waals surface area contributed by atoms with Gasteiger partial charge in [-0.15, -0.1) is 0 Å². The third-order valence-electron chi connectivity index (χ3n) is 5.02. The first kappa shape index (κ1) is 18.5. The van der Waals surface area contributed by atoms with Gasteiger partial charge in [-0.1, -0.05) is 18.2 Å². The summed E-state index contributed by atoms with van der Waals surface area (Å²) in [7, 11) is 0. The summed E-state index contributed by atoms with van der Waals surface area (Å²) in [4.78, 5) is 22.3. The Morgan fingerprint density at radius 3 is 2.46 bits per heavy atom. The van der Waals surface area contributed by atoms with Gasteiger partial charge >= 0.3 is 12.1 Å². The monoisotopic (exact) mass is 379 g/mol. The zero-order chi connectivity index (χ0) is 19.7. The number of benzene rings is 1. The van der Waals surface area contributed by atoms with Gasteiger partial charge in [0, 0.05) is 25.5 Å². The van der Waals surface area contributed by atoms with Crippen LogP contribution in [-0.4, -0.2) is 39.7 Å². The summed E-state index contributed by atoms with van der Waals surface area (Å²) in [5, 5.41) is 0. The highest BCUT2D eigenvalue weighted by molar-refractivity contribution is 5.72. The van der Waals surface area contributed by atoms with Crippen LogP contribution < -0.4 is 4.74 Å². The molecule has 2 aliphatic rings. The SMILES string of the molecule is CC(C)(C)OC(=O)N1CC2C=C(c3ccc(Oc4ncccn4)cc3)CC2C1. The predicted molar refractivity (Wildman–Crippen MR) is 106 cm³/mol. The topological polar surface area (TPSA) is 64.5 Å². The first-order valence-electron chi connectivity index (χ1n) is 9.61. The van der Waals surface area contributed by atoms with E-state index < -0.39 is 5.60 Å². The van der Waals surface area contributed by atoms with Gasteiger partial charge in [-0.3, -0.25) is 0 Å². The number of carbonyl (C=O) groups excluding carboxylic acids is 1. The fraction of sp³-hybridized carbons (Fsp3) is 0.409. The minimum Gasteiger partial charge on any atom is -0.444 e. The van der Waals surface area contributed by atoms with E-state index in [2.05, 4.69) is 28.2 Å². The van der Waals surface area contributed by atoms with Gasteiger partial charge in [0.05, 0.1) is 0 Å². The van der Waals surface area contributed by atoms with Gasteiger partial charge in [0.1, 0.15) is 11.4 Å². The second kappa shape index (κ2) is 7.26. The van der Waals surface area contributed by atoms with Crippen LogP contribution in [0.15, 0.2) is 48.8 Å². The van der Waals surface area contributed by atoms with E-state index in [9.17, 15) is 4.79 Å². The molecule has 0 saturated carbocycles. The molecule has 2 atom stereocenters. The number of allylic oxidation sites excluding steroid dienone is 1. The lowest BCUT2D eigenvalue weighted by atomic mass is 9.98. The Bertz CT molecular complexity index is 872. The number of carbonyl (C=O) groups is 1. The molecule has 6 heteroatoms. The maximum absolute atomic E-state index is 12.3. The molecule has 0 N–H and O–H groups in total. The summed E-state index contributed by atoms with van der Waals surface area (Å²) < 4.78 is 11.2. The first-order valence-corrected chi connectivity index (χ1v) is 9.61. The van der Waals surface area contributed by atoms with Crippen LogP contribution in [-0.2, 0) is 4.74 Å². The fourth-order valence-corrected chi connectivity index (χ4v) is 3.78. The Labute approximate surface area is 165 Å². The summed E-state index contributed by atoms with van der Waals surface area (Å²) in [5.41, 5.74) is 2.07. The largest absolute Gasteiger partial charge is 0.444 e. The molecule has 0 radical (unpaired) electrons. The van der Waals surface area contributed by atoms with Gasteiger partial charge in [0.2, 0.25) is 0 Å². The molecule has 1 aromatic carbocycles. The molecule has 146 valence electrons. The number of amides is 1. The van der Waals surface area contributed by atoms with Crippen molar-refractivity contribution in [3.63, 3.8) is 0 Å². The standard InChI is InChI=1S/C22H25N3O3/c1-22(2,3)28-21(26)25-13-17-11-16(12-18(17)14-25)15-5-7-19(8-6-15)27-20-23-9-4-10-24-20/h4-11,17-18H,12-14H2,1-3H3. The lowest BCUT2D eigenvalue weighted by Crippen LogP contribution is -2.35. The molecule has 0 bridgehead atoms. The lowest BCUT2D eigenvalue weighted by Gasteiger charge is -2.24. The molecule has 2 aromatic rings. The van der Waals surface area contributed by atoms with Crippen molar-refractivity contribution >= 4 is 11.7 Å². The molecule has 1 fully saturated rings. The van der Waals surface area contributed by atoms with Crippen LogP contribution in [0.25, 0.3) is 5.57 Å². The zero-order valence-corrected chi connectivity index (χ0v) is 16.5. The molecule has 1 aromatic heterocycles.